The van der Waals surface area contributed by atoms with E-state index in [0.717, 1.165) is 12.5 Å². The highest BCUT2D eigenvalue weighted by atomic mass is 15.3. The van der Waals surface area contributed by atoms with Crippen molar-refractivity contribution in [2.75, 3.05) is 24.5 Å². The number of rotatable bonds is 2. The van der Waals surface area contributed by atoms with E-state index in [1.807, 2.05) is 0 Å². The van der Waals surface area contributed by atoms with Crippen LogP contribution in [0.5, 0.6) is 0 Å². The lowest BCUT2D eigenvalue weighted by atomic mass is 10.1. The highest BCUT2D eigenvalue weighted by molar-refractivity contribution is 5.49. The van der Waals surface area contributed by atoms with Gasteiger partial charge in [-0.2, -0.15) is 0 Å². The van der Waals surface area contributed by atoms with Crippen LogP contribution in [-0.4, -0.2) is 36.6 Å². The third-order valence-electron chi connectivity index (χ3n) is 4.61. The zero-order chi connectivity index (χ0) is 12.5. The molecule has 18 heavy (non-hydrogen) atoms. The minimum Gasteiger partial charge on any atom is -0.366 e. The van der Waals surface area contributed by atoms with E-state index in [4.69, 9.17) is 0 Å². The number of benzene rings is 1. The Balaban J connectivity index is 1.77. The first-order valence-corrected chi connectivity index (χ1v) is 7.37. The summed E-state index contributed by atoms with van der Waals surface area (Å²) in [5.74, 6) is 0. The predicted molar refractivity (Wildman–Crippen MR) is 77.2 cm³/mol. The molecule has 2 aliphatic heterocycles. The molecule has 0 aromatic heterocycles. The summed E-state index contributed by atoms with van der Waals surface area (Å²) in [7, 11) is 0. The highest BCUT2D eigenvalue weighted by Gasteiger charge is 2.34. The fourth-order valence-electron chi connectivity index (χ4n) is 3.47. The number of nitrogens with zero attached hydrogens (tertiary/aromatic N) is 2. The summed E-state index contributed by atoms with van der Waals surface area (Å²) < 4.78 is 0. The first-order chi connectivity index (χ1) is 8.78. The van der Waals surface area contributed by atoms with Gasteiger partial charge >= 0.3 is 0 Å². The molecule has 2 heterocycles. The SMILES string of the molecule is CCc1ccc(N2CC3CCCN3CC2C)cc1. The fourth-order valence-corrected chi connectivity index (χ4v) is 3.47. The van der Waals surface area contributed by atoms with Gasteiger partial charge in [0.1, 0.15) is 0 Å². The van der Waals surface area contributed by atoms with Gasteiger partial charge in [-0.05, 0) is 50.4 Å². The molecule has 0 amide bonds. The van der Waals surface area contributed by atoms with Gasteiger partial charge in [0, 0.05) is 30.9 Å². The van der Waals surface area contributed by atoms with Crippen LogP contribution in [-0.2, 0) is 6.42 Å². The van der Waals surface area contributed by atoms with E-state index in [0.29, 0.717) is 6.04 Å². The van der Waals surface area contributed by atoms with Gasteiger partial charge in [-0.3, -0.25) is 4.90 Å². The molecule has 2 atom stereocenters. The molecule has 0 spiro atoms. The minimum absolute atomic E-state index is 0.645. The third-order valence-corrected chi connectivity index (χ3v) is 4.61. The Morgan fingerprint density at radius 2 is 1.94 bits per heavy atom. The zero-order valence-electron chi connectivity index (χ0n) is 11.6. The highest BCUT2D eigenvalue weighted by Crippen LogP contribution is 2.28. The Morgan fingerprint density at radius 1 is 1.17 bits per heavy atom. The van der Waals surface area contributed by atoms with Gasteiger partial charge in [0.2, 0.25) is 0 Å². The van der Waals surface area contributed by atoms with Gasteiger partial charge < -0.3 is 4.90 Å². The van der Waals surface area contributed by atoms with Crippen molar-refractivity contribution in [2.45, 2.75) is 45.2 Å². The molecular formula is C16H24N2. The summed E-state index contributed by atoms with van der Waals surface area (Å²) in [6.07, 6.45) is 3.91. The van der Waals surface area contributed by atoms with E-state index in [9.17, 15) is 0 Å². The number of hydrogen-bond acceptors (Lipinski definition) is 2. The largest absolute Gasteiger partial charge is 0.366 e. The van der Waals surface area contributed by atoms with Crippen LogP contribution in [0.1, 0.15) is 32.3 Å². The maximum absolute atomic E-state index is 2.68. The van der Waals surface area contributed by atoms with E-state index in [2.05, 4.69) is 47.9 Å². The monoisotopic (exact) mass is 244 g/mol. The van der Waals surface area contributed by atoms with Crippen molar-refractivity contribution >= 4 is 5.69 Å². The van der Waals surface area contributed by atoms with Crippen molar-refractivity contribution in [1.29, 1.82) is 0 Å². The lowest BCUT2D eigenvalue weighted by molar-refractivity contribution is 0.203. The van der Waals surface area contributed by atoms with Gasteiger partial charge in [-0.25, -0.2) is 0 Å². The first kappa shape index (κ1) is 12.0. The molecule has 2 saturated heterocycles. The van der Waals surface area contributed by atoms with Gasteiger partial charge in [0.05, 0.1) is 0 Å². The van der Waals surface area contributed by atoms with Gasteiger partial charge in [0.25, 0.3) is 0 Å². The predicted octanol–water partition coefficient (Wildman–Crippen LogP) is 2.92. The molecule has 0 radical (unpaired) electrons. The lowest BCUT2D eigenvalue weighted by Gasteiger charge is -2.43. The summed E-state index contributed by atoms with van der Waals surface area (Å²) in [6, 6.07) is 10.6. The van der Waals surface area contributed by atoms with Crippen molar-refractivity contribution in [3.63, 3.8) is 0 Å². The molecule has 98 valence electrons. The molecule has 2 unspecified atom stereocenters. The fraction of sp³-hybridized carbons (Fsp3) is 0.625. The Morgan fingerprint density at radius 3 is 2.67 bits per heavy atom. The average molecular weight is 244 g/mol. The Kier molecular flexibility index (Phi) is 3.29. The summed E-state index contributed by atoms with van der Waals surface area (Å²) in [5.41, 5.74) is 2.84. The van der Waals surface area contributed by atoms with Crippen molar-refractivity contribution in [3.05, 3.63) is 29.8 Å². The number of hydrogen-bond donors (Lipinski definition) is 0. The number of anilines is 1. The van der Waals surface area contributed by atoms with Crippen LogP contribution < -0.4 is 4.90 Å². The third kappa shape index (κ3) is 2.14. The van der Waals surface area contributed by atoms with E-state index in [1.165, 1.54) is 43.7 Å². The van der Waals surface area contributed by atoms with E-state index in [-0.39, 0.29) is 0 Å². The maximum Gasteiger partial charge on any atom is 0.0389 e. The number of fused-ring (bicyclic) bond motifs is 1. The molecule has 0 aliphatic carbocycles. The lowest BCUT2D eigenvalue weighted by Crippen LogP contribution is -2.55. The molecule has 2 fully saturated rings. The molecule has 3 rings (SSSR count). The summed E-state index contributed by atoms with van der Waals surface area (Å²) in [5, 5.41) is 0. The normalized spacial score (nSPS) is 28.4. The van der Waals surface area contributed by atoms with Crippen molar-refractivity contribution in [1.82, 2.24) is 4.90 Å². The smallest absolute Gasteiger partial charge is 0.0389 e. The summed E-state index contributed by atoms with van der Waals surface area (Å²) >= 11 is 0. The van der Waals surface area contributed by atoms with Crippen molar-refractivity contribution < 1.29 is 0 Å². The van der Waals surface area contributed by atoms with Crippen molar-refractivity contribution in [3.8, 4) is 0 Å². The first-order valence-electron chi connectivity index (χ1n) is 7.37. The summed E-state index contributed by atoms with van der Waals surface area (Å²) in [4.78, 5) is 5.29. The van der Waals surface area contributed by atoms with E-state index in [1.54, 1.807) is 0 Å². The van der Waals surface area contributed by atoms with Crippen molar-refractivity contribution in [2.24, 2.45) is 0 Å². The Labute approximate surface area is 111 Å². The van der Waals surface area contributed by atoms with Crippen LogP contribution in [0.4, 0.5) is 5.69 Å². The molecular weight excluding hydrogens is 220 g/mol. The van der Waals surface area contributed by atoms with Gasteiger partial charge in [-0.15, -0.1) is 0 Å². The van der Waals surface area contributed by atoms with E-state index < -0.39 is 0 Å². The van der Waals surface area contributed by atoms with Crippen LogP contribution in [0.15, 0.2) is 24.3 Å². The molecule has 0 N–H and O–H groups in total. The quantitative estimate of drug-likeness (QED) is 0.789. The molecule has 1 aromatic carbocycles. The molecule has 0 bridgehead atoms. The van der Waals surface area contributed by atoms with Gasteiger partial charge in [0.15, 0.2) is 0 Å². The zero-order valence-corrected chi connectivity index (χ0v) is 11.6. The van der Waals surface area contributed by atoms with E-state index >= 15 is 0 Å². The van der Waals surface area contributed by atoms with Crippen LogP contribution in [0.3, 0.4) is 0 Å². The van der Waals surface area contributed by atoms with Crippen LogP contribution in [0.25, 0.3) is 0 Å². The van der Waals surface area contributed by atoms with Crippen LogP contribution in [0, 0.1) is 0 Å². The average Bonchev–Trinajstić information content (AvgIpc) is 2.85. The summed E-state index contributed by atoms with van der Waals surface area (Å²) in [6.45, 7) is 8.35. The topological polar surface area (TPSA) is 6.48 Å². The maximum atomic E-state index is 2.68. The van der Waals surface area contributed by atoms with Crippen LogP contribution >= 0.6 is 0 Å². The molecule has 0 saturated carbocycles. The Hall–Kier alpha value is -1.02. The molecule has 2 nitrogen and oxygen atoms in total. The Bertz CT molecular complexity index is 398. The number of aryl methyl sites for hydroxylation is 1. The number of piperazine rings is 1. The van der Waals surface area contributed by atoms with Gasteiger partial charge in [-0.1, -0.05) is 19.1 Å². The molecule has 2 aliphatic rings. The molecule has 2 heteroatoms. The molecule has 1 aromatic rings. The minimum atomic E-state index is 0.645. The van der Waals surface area contributed by atoms with Crippen LogP contribution in [0.2, 0.25) is 0 Å². The second-order valence-electron chi connectivity index (χ2n) is 5.81. The second-order valence-corrected chi connectivity index (χ2v) is 5.81. The standard InChI is InChI=1S/C16H24N2/c1-3-14-6-8-15(9-7-14)18-12-16-5-4-10-17(16)11-13(18)2/h6-9,13,16H,3-5,10-12H2,1-2H3. The second kappa shape index (κ2) is 4.93.